The number of benzene rings is 2. The molecule has 0 spiro atoms. The first-order chi connectivity index (χ1) is 12.5. The first-order valence-electron chi connectivity index (χ1n) is 9.89. The predicted molar refractivity (Wildman–Crippen MR) is 124 cm³/mol. The van der Waals surface area contributed by atoms with Gasteiger partial charge >= 0.3 is 7.60 Å². The van der Waals surface area contributed by atoms with E-state index in [1.807, 2.05) is 12.1 Å². The number of rotatable bonds is 0. The van der Waals surface area contributed by atoms with Crippen LogP contribution in [0.15, 0.2) is 30.3 Å². The van der Waals surface area contributed by atoms with Crippen LogP contribution in [0.4, 0.5) is 0 Å². The van der Waals surface area contributed by atoms with Crippen LogP contribution >= 0.6 is 7.60 Å². The third kappa shape index (κ3) is 4.55. The molecule has 29 heavy (non-hydrogen) atoms. The molecule has 1 aliphatic heterocycles. The van der Waals surface area contributed by atoms with Crippen molar-refractivity contribution in [3.05, 3.63) is 47.0 Å². The Kier molecular flexibility index (Phi) is 6.13. The normalized spacial score (nSPS) is 19.0. The van der Waals surface area contributed by atoms with Crippen molar-refractivity contribution >= 4 is 31.8 Å². The van der Waals surface area contributed by atoms with E-state index < -0.39 is 7.60 Å². The summed E-state index contributed by atoms with van der Waals surface area (Å²) in [7, 11) is -3.96. The van der Waals surface area contributed by atoms with Crippen molar-refractivity contribution in [3.63, 3.8) is 0 Å². The summed E-state index contributed by atoms with van der Waals surface area (Å²) in [5.41, 5.74) is 4.53. The Bertz CT molecular complexity index is 989. The minimum absolute atomic E-state index is 0. The molecule has 153 valence electrons. The molecule has 0 amide bonds. The zero-order valence-electron chi connectivity index (χ0n) is 19.6. The fourth-order valence-electron chi connectivity index (χ4n) is 3.55. The second-order valence-electron chi connectivity index (χ2n) is 11.0. The molecule has 0 bridgehead atoms. The Hall–Kier alpha value is -0.973. The van der Waals surface area contributed by atoms with Gasteiger partial charge in [-0.05, 0) is 39.5 Å². The van der Waals surface area contributed by atoms with E-state index in [1.165, 1.54) is 5.56 Å². The van der Waals surface area contributed by atoms with E-state index in [4.69, 9.17) is 4.52 Å². The summed E-state index contributed by atoms with van der Waals surface area (Å²) in [6.45, 7) is 19.2. The maximum atomic E-state index is 13.2. The molecule has 0 saturated heterocycles. The molecule has 3 rings (SSSR count). The Morgan fingerprint density at radius 3 is 1.79 bits per heavy atom. The van der Waals surface area contributed by atoms with Crippen LogP contribution < -0.4 is 9.83 Å². The van der Waals surface area contributed by atoms with Crippen molar-refractivity contribution < 1.29 is 14.0 Å². The van der Waals surface area contributed by atoms with Gasteiger partial charge in [0, 0.05) is 35.6 Å². The van der Waals surface area contributed by atoms with E-state index in [9.17, 15) is 9.46 Å². The van der Waals surface area contributed by atoms with E-state index in [0.717, 1.165) is 22.3 Å². The van der Waals surface area contributed by atoms with Crippen molar-refractivity contribution in [2.24, 2.45) is 0 Å². The molecule has 0 aliphatic carbocycles. The average molecular weight is 407 g/mol. The minimum Gasteiger partial charge on any atom is -0.420 e. The van der Waals surface area contributed by atoms with Gasteiger partial charge in [0.15, 0.2) is 0 Å². The summed E-state index contributed by atoms with van der Waals surface area (Å²) in [6.07, 6.45) is 0. The number of hydrogen-bond donors (Lipinski definition) is 1. The zero-order chi connectivity index (χ0) is 21.3. The van der Waals surface area contributed by atoms with Crippen LogP contribution in [0.5, 0.6) is 5.75 Å². The Balaban J connectivity index is 0.00000300. The molecular weight excluding hydrogens is 374 g/mol. The molecule has 1 radical (unpaired) electrons. The smallest absolute Gasteiger partial charge is 0.408 e. The van der Waals surface area contributed by atoms with Gasteiger partial charge in [-0.25, -0.2) is 4.57 Å². The molecule has 1 N–H and O–H groups in total. The predicted octanol–water partition coefficient (Wildman–Crippen LogP) is 6.07. The summed E-state index contributed by atoms with van der Waals surface area (Å²) in [4.78, 5) is 10.8. The first-order valence-corrected chi connectivity index (χ1v) is 11.5. The molecule has 3 nitrogen and oxygen atoms in total. The van der Waals surface area contributed by atoms with Crippen LogP contribution in [-0.4, -0.2) is 23.8 Å². The van der Waals surface area contributed by atoms with E-state index in [0.29, 0.717) is 11.1 Å². The van der Waals surface area contributed by atoms with Crippen molar-refractivity contribution in [2.75, 3.05) is 0 Å². The van der Waals surface area contributed by atoms with Gasteiger partial charge in [0.05, 0.1) is 5.30 Å². The maximum absolute atomic E-state index is 13.2. The SMILES string of the molecule is CC(C)(C)c1cc2c(c(C(C)(C)C)c1)OP(=O)(O)c1cc(C(C)(C)C)ccc1-2.[Li]. The van der Waals surface area contributed by atoms with Crippen molar-refractivity contribution in [1.82, 2.24) is 0 Å². The van der Waals surface area contributed by atoms with Gasteiger partial charge in [0.25, 0.3) is 0 Å². The van der Waals surface area contributed by atoms with Crippen molar-refractivity contribution in [3.8, 4) is 16.9 Å². The van der Waals surface area contributed by atoms with Crippen molar-refractivity contribution in [1.29, 1.82) is 0 Å². The zero-order valence-corrected chi connectivity index (χ0v) is 20.5. The third-order valence-electron chi connectivity index (χ3n) is 5.44. The van der Waals surface area contributed by atoms with E-state index in [-0.39, 0.29) is 35.1 Å². The fraction of sp³-hybridized carbons (Fsp3) is 0.500. The first kappa shape index (κ1) is 24.3. The van der Waals surface area contributed by atoms with Crippen LogP contribution in [-0.2, 0) is 20.8 Å². The average Bonchev–Trinajstić information content (AvgIpc) is 2.50. The third-order valence-corrected chi connectivity index (χ3v) is 6.85. The minimum atomic E-state index is -3.96. The van der Waals surface area contributed by atoms with E-state index in [1.54, 1.807) is 0 Å². The number of hydrogen-bond acceptors (Lipinski definition) is 2. The van der Waals surface area contributed by atoms with E-state index in [2.05, 4.69) is 80.5 Å². The van der Waals surface area contributed by atoms with Gasteiger partial charge in [0.2, 0.25) is 0 Å². The summed E-state index contributed by atoms with van der Waals surface area (Å²) < 4.78 is 19.0. The standard InChI is InChI=1S/C24H33O3P.Li/c1-22(2,3)15-10-11-17-18-12-16(23(4,5)6)13-19(24(7,8)9)21(18)27-28(25,26)20(17)14-15;/h10-14H,1-9H3,(H,25,26);. The van der Waals surface area contributed by atoms with Crippen LogP contribution in [0.3, 0.4) is 0 Å². The molecule has 1 unspecified atom stereocenters. The molecule has 2 aromatic rings. The van der Waals surface area contributed by atoms with E-state index >= 15 is 0 Å². The number of fused-ring (bicyclic) bond motifs is 3. The molecule has 0 aromatic heterocycles. The van der Waals surface area contributed by atoms with Gasteiger partial charge in [-0.2, -0.15) is 0 Å². The quantitative estimate of drug-likeness (QED) is 0.426. The fourth-order valence-corrected chi connectivity index (χ4v) is 4.89. The van der Waals surface area contributed by atoms with Gasteiger partial charge in [-0.15, -0.1) is 0 Å². The second-order valence-corrected chi connectivity index (χ2v) is 12.7. The largest absolute Gasteiger partial charge is 0.420 e. The summed E-state index contributed by atoms with van der Waals surface area (Å²) >= 11 is 0. The van der Waals surface area contributed by atoms with Crippen LogP contribution in [0.1, 0.15) is 79.0 Å². The molecule has 1 aliphatic rings. The summed E-state index contributed by atoms with van der Waals surface area (Å²) in [5.74, 6) is 0.544. The van der Waals surface area contributed by atoms with Crippen molar-refractivity contribution in [2.45, 2.75) is 78.6 Å². The topological polar surface area (TPSA) is 46.5 Å². The molecule has 1 heterocycles. The van der Waals surface area contributed by atoms with Gasteiger partial charge in [0.1, 0.15) is 5.75 Å². The van der Waals surface area contributed by atoms with Gasteiger partial charge in [-0.1, -0.05) is 80.5 Å². The van der Waals surface area contributed by atoms with Gasteiger partial charge in [-0.3, -0.25) is 0 Å². The van der Waals surface area contributed by atoms with Gasteiger partial charge < -0.3 is 9.42 Å². The molecule has 1 atom stereocenters. The molecule has 0 saturated carbocycles. The van der Waals surface area contributed by atoms with Crippen LogP contribution in [0.25, 0.3) is 11.1 Å². The second kappa shape index (κ2) is 7.32. The monoisotopic (exact) mass is 407 g/mol. The summed E-state index contributed by atoms with van der Waals surface area (Å²) in [6, 6.07) is 10.2. The Morgan fingerprint density at radius 1 is 0.759 bits per heavy atom. The molecule has 0 fully saturated rings. The molecular formula is C24H33LiO3P. The maximum Gasteiger partial charge on any atom is 0.408 e. The summed E-state index contributed by atoms with van der Waals surface area (Å²) in [5, 5.41) is 0.401. The molecule has 2 aromatic carbocycles. The van der Waals surface area contributed by atoms with Crippen LogP contribution in [0.2, 0.25) is 0 Å². The van der Waals surface area contributed by atoms with Crippen LogP contribution in [0, 0.1) is 0 Å². The Labute approximate surface area is 188 Å². The Morgan fingerprint density at radius 2 is 1.31 bits per heavy atom. The molecule has 5 heteroatoms.